The monoisotopic (exact) mass is 393 g/mol. The van der Waals surface area contributed by atoms with E-state index in [1.807, 2.05) is 37.3 Å². The second kappa shape index (κ2) is 8.27. The summed E-state index contributed by atoms with van der Waals surface area (Å²) in [5.41, 5.74) is 3.73. The van der Waals surface area contributed by atoms with Crippen LogP contribution in [-0.2, 0) is 0 Å². The molecule has 4 nitrogen and oxygen atoms in total. The molecular formula is C24H28FN3O. The highest BCUT2D eigenvalue weighted by Gasteiger charge is 2.21. The Hall–Kier alpha value is -2.82. The largest absolute Gasteiger partial charge is 0.494 e. The number of hydrogen-bond acceptors (Lipinski definition) is 3. The molecule has 1 aromatic heterocycles. The highest BCUT2D eigenvalue weighted by Crippen LogP contribution is 2.31. The second-order valence-corrected chi connectivity index (χ2v) is 8.00. The third-order valence-electron chi connectivity index (χ3n) is 5.98. The number of rotatable bonds is 5. The number of aromatic amines is 1. The van der Waals surface area contributed by atoms with Crippen LogP contribution in [0.3, 0.4) is 0 Å². The third kappa shape index (κ3) is 4.00. The SMILES string of the molecule is CCCC1CCN(c2ccc(N=Cc3c(O)[nH]c4cccc(C)c34)cc2F)CC1. The van der Waals surface area contributed by atoms with Gasteiger partial charge in [-0.05, 0) is 49.4 Å². The van der Waals surface area contributed by atoms with Crippen LogP contribution in [-0.4, -0.2) is 29.4 Å². The molecular weight excluding hydrogens is 365 g/mol. The summed E-state index contributed by atoms with van der Waals surface area (Å²) in [5, 5.41) is 11.2. The number of nitrogens with zero attached hydrogens (tertiary/aromatic N) is 2. The van der Waals surface area contributed by atoms with E-state index >= 15 is 0 Å². The predicted molar refractivity (Wildman–Crippen MR) is 118 cm³/mol. The Balaban J connectivity index is 1.53. The number of aryl methyl sites for hydroxylation is 1. The number of fused-ring (bicyclic) bond motifs is 1. The molecule has 0 aliphatic carbocycles. The summed E-state index contributed by atoms with van der Waals surface area (Å²) in [6.07, 6.45) is 6.35. The van der Waals surface area contributed by atoms with Crippen molar-refractivity contribution in [2.45, 2.75) is 39.5 Å². The Morgan fingerprint density at radius 1 is 1.24 bits per heavy atom. The van der Waals surface area contributed by atoms with Crippen LogP contribution < -0.4 is 4.90 Å². The van der Waals surface area contributed by atoms with E-state index in [2.05, 4.69) is 21.8 Å². The molecule has 29 heavy (non-hydrogen) atoms. The molecule has 3 aromatic rings. The normalized spacial score (nSPS) is 15.6. The number of halogens is 1. The smallest absolute Gasteiger partial charge is 0.198 e. The molecule has 0 atom stereocenters. The van der Waals surface area contributed by atoms with Gasteiger partial charge in [-0.15, -0.1) is 0 Å². The van der Waals surface area contributed by atoms with Crippen molar-refractivity contribution in [3.8, 4) is 5.88 Å². The molecule has 0 unspecified atom stereocenters. The number of anilines is 1. The number of nitrogens with one attached hydrogen (secondary N) is 1. The van der Waals surface area contributed by atoms with E-state index in [0.717, 1.165) is 48.3 Å². The van der Waals surface area contributed by atoms with E-state index < -0.39 is 0 Å². The van der Waals surface area contributed by atoms with Gasteiger partial charge in [0.05, 0.1) is 16.9 Å². The molecule has 0 saturated carbocycles. The summed E-state index contributed by atoms with van der Waals surface area (Å²) >= 11 is 0. The van der Waals surface area contributed by atoms with Crippen LogP contribution in [0.2, 0.25) is 0 Å². The first kappa shape index (κ1) is 19.5. The van der Waals surface area contributed by atoms with Gasteiger partial charge >= 0.3 is 0 Å². The average molecular weight is 394 g/mol. The summed E-state index contributed by atoms with van der Waals surface area (Å²) in [4.78, 5) is 9.53. The van der Waals surface area contributed by atoms with Gasteiger partial charge in [0, 0.05) is 36.3 Å². The van der Waals surface area contributed by atoms with E-state index in [4.69, 9.17) is 0 Å². The topological polar surface area (TPSA) is 51.6 Å². The lowest BCUT2D eigenvalue weighted by molar-refractivity contribution is 0.376. The molecule has 1 aliphatic rings. The molecule has 5 heteroatoms. The van der Waals surface area contributed by atoms with Gasteiger partial charge in [0.15, 0.2) is 5.88 Å². The minimum Gasteiger partial charge on any atom is -0.494 e. The van der Waals surface area contributed by atoms with Gasteiger partial charge in [0.2, 0.25) is 0 Å². The molecule has 2 aromatic carbocycles. The molecule has 1 fully saturated rings. The average Bonchev–Trinajstić information content (AvgIpc) is 3.04. The van der Waals surface area contributed by atoms with E-state index in [1.165, 1.54) is 18.9 Å². The first-order valence-corrected chi connectivity index (χ1v) is 10.5. The number of benzene rings is 2. The number of piperidine rings is 1. The quantitative estimate of drug-likeness (QED) is 0.516. The maximum atomic E-state index is 14.8. The zero-order valence-electron chi connectivity index (χ0n) is 17.1. The Labute approximate surface area is 171 Å². The van der Waals surface area contributed by atoms with Crippen LogP contribution in [0.1, 0.15) is 43.7 Å². The van der Waals surface area contributed by atoms with Gasteiger partial charge in [-0.1, -0.05) is 31.9 Å². The first-order valence-electron chi connectivity index (χ1n) is 10.5. The van der Waals surface area contributed by atoms with Gasteiger partial charge in [0.25, 0.3) is 0 Å². The van der Waals surface area contributed by atoms with E-state index in [0.29, 0.717) is 16.9 Å². The minimum absolute atomic E-state index is 0.0742. The van der Waals surface area contributed by atoms with Crippen molar-refractivity contribution in [2.24, 2.45) is 10.9 Å². The molecule has 0 radical (unpaired) electrons. The third-order valence-corrected chi connectivity index (χ3v) is 5.98. The van der Waals surface area contributed by atoms with Gasteiger partial charge in [-0.2, -0.15) is 0 Å². The lowest BCUT2D eigenvalue weighted by Gasteiger charge is -2.33. The number of aromatic nitrogens is 1. The molecule has 152 valence electrons. The molecule has 4 rings (SSSR count). The predicted octanol–water partition coefficient (Wildman–Crippen LogP) is 6.09. The van der Waals surface area contributed by atoms with Crippen LogP contribution in [0, 0.1) is 18.7 Å². The van der Waals surface area contributed by atoms with Crippen LogP contribution in [0.4, 0.5) is 15.8 Å². The van der Waals surface area contributed by atoms with Gasteiger partial charge in [-0.25, -0.2) is 4.39 Å². The summed E-state index contributed by atoms with van der Waals surface area (Å²) in [6, 6.07) is 11.0. The number of hydrogen-bond donors (Lipinski definition) is 2. The molecule has 2 heterocycles. The Morgan fingerprint density at radius 3 is 2.76 bits per heavy atom. The lowest BCUT2D eigenvalue weighted by Crippen LogP contribution is -2.34. The molecule has 0 amide bonds. The Morgan fingerprint density at radius 2 is 2.03 bits per heavy atom. The summed E-state index contributed by atoms with van der Waals surface area (Å²) in [6.45, 7) is 6.03. The second-order valence-electron chi connectivity index (χ2n) is 8.00. The van der Waals surface area contributed by atoms with Crippen molar-refractivity contribution in [3.63, 3.8) is 0 Å². The van der Waals surface area contributed by atoms with Crippen molar-refractivity contribution in [2.75, 3.05) is 18.0 Å². The Bertz CT molecular complexity index is 1030. The number of H-pyrrole nitrogens is 1. The fourth-order valence-corrected chi connectivity index (χ4v) is 4.41. The summed E-state index contributed by atoms with van der Waals surface area (Å²) < 4.78 is 14.8. The lowest BCUT2D eigenvalue weighted by atomic mass is 9.92. The van der Waals surface area contributed by atoms with E-state index in [9.17, 15) is 9.50 Å². The molecule has 0 spiro atoms. The molecule has 2 N–H and O–H groups in total. The van der Waals surface area contributed by atoms with Crippen molar-refractivity contribution < 1.29 is 9.50 Å². The summed E-state index contributed by atoms with van der Waals surface area (Å²) in [7, 11) is 0. The highest BCUT2D eigenvalue weighted by molar-refractivity contribution is 6.04. The van der Waals surface area contributed by atoms with Crippen LogP contribution in [0.25, 0.3) is 10.9 Å². The summed E-state index contributed by atoms with van der Waals surface area (Å²) in [5.74, 6) is 0.605. The van der Waals surface area contributed by atoms with Gasteiger partial charge < -0.3 is 15.0 Å². The van der Waals surface area contributed by atoms with E-state index in [-0.39, 0.29) is 11.7 Å². The first-order chi connectivity index (χ1) is 14.1. The van der Waals surface area contributed by atoms with Gasteiger partial charge in [-0.3, -0.25) is 4.99 Å². The standard InChI is InChI=1S/C24H28FN3O/c1-3-5-17-10-12-28(13-11-17)22-9-8-18(14-20(22)25)26-15-19-23-16(2)6-4-7-21(23)27-24(19)29/h4,6-9,14-15,17,27,29H,3,5,10-13H2,1-2H3. The fraction of sp³-hybridized carbons (Fsp3) is 0.375. The molecule has 0 bridgehead atoms. The van der Waals surface area contributed by atoms with Crippen LogP contribution in [0.5, 0.6) is 5.88 Å². The molecule has 1 saturated heterocycles. The maximum absolute atomic E-state index is 14.8. The van der Waals surface area contributed by atoms with E-state index in [1.54, 1.807) is 6.21 Å². The molecule has 1 aliphatic heterocycles. The van der Waals surface area contributed by atoms with Crippen molar-refractivity contribution in [3.05, 3.63) is 53.3 Å². The number of aliphatic imine (C=N–C) groups is 1. The van der Waals surface area contributed by atoms with Gasteiger partial charge in [0.1, 0.15) is 5.82 Å². The van der Waals surface area contributed by atoms with Crippen LogP contribution >= 0.6 is 0 Å². The van der Waals surface area contributed by atoms with Crippen molar-refractivity contribution >= 4 is 28.5 Å². The number of aromatic hydroxyl groups is 1. The Kier molecular flexibility index (Phi) is 5.56. The highest BCUT2D eigenvalue weighted by atomic mass is 19.1. The zero-order valence-corrected chi connectivity index (χ0v) is 17.1. The fourth-order valence-electron chi connectivity index (χ4n) is 4.41. The van der Waals surface area contributed by atoms with Crippen LogP contribution in [0.15, 0.2) is 41.4 Å². The zero-order chi connectivity index (χ0) is 20.4. The minimum atomic E-state index is -0.243. The van der Waals surface area contributed by atoms with Crippen molar-refractivity contribution in [1.29, 1.82) is 0 Å². The van der Waals surface area contributed by atoms with Crippen molar-refractivity contribution in [1.82, 2.24) is 4.98 Å². The maximum Gasteiger partial charge on any atom is 0.198 e.